The van der Waals surface area contributed by atoms with E-state index in [0.29, 0.717) is 23.7 Å². The minimum Gasteiger partial charge on any atom is -0.508 e. The lowest BCUT2D eigenvalue weighted by Crippen LogP contribution is -2.01. The van der Waals surface area contributed by atoms with Crippen LogP contribution in [0.2, 0.25) is 0 Å². The highest BCUT2D eigenvalue weighted by atomic mass is 16.6. The fourth-order valence-corrected chi connectivity index (χ4v) is 2.27. The molecule has 0 aliphatic carbocycles. The second kappa shape index (κ2) is 5.07. The van der Waals surface area contributed by atoms with Gasteiger partial charge >= 0.3 is 0 Å². The van der Waals surface area contributed by atoms with Gasteiger partial charge in [-0.05, 0) is 36.5 Å². The molecule has 0 bridgehead atoms. The second-order valence-corrected chi connectivity index (χ2v) is 4.80. The van der Waals surface area contributed by atoms with Crippen LogP contribution in [0, 0.1) is 0 Å². The van der Waals surface area contributed by atoms with Gasteiger partial charge in [0.1, 0.15) is 5.75 Å². The molecule has 3 unspecified atom stereocenters. The first-order valence-electron chi connectivity index (χ1n) is 6.23. The van der Waals surface area contributed by atoms with Gasteiger partial charge < -0.3 is 14.9 Å². The highest BCUT2D eigenvalue weighted by Gasteiger charge is 2.37. The Kier molecular flexibility index (Phi) is 3.69. The lowest BCUT2D eigenvalue weighted by atomic mass is 9.93. The summed E-state index contributed by atoms with van der Waals surface area (Å²) < 4.78 is 5.54. The molecular weight excluding hydrogens is 216 g/mol. The number of hydrogen-bond donors (Lipinski definition) is 2. The van der Waals surface area contributed by atoms with Crippen molar-refractivity contribution in [2.24, 2.45) is 0 Å². The van der Waals surface area contributed by atoms with Gasteiger partial charge in [-0.15, -0.1) is 0 Å². The molecule has 3 atom stereocenters. The van der Waals surface area contributed by atoms with E-state index in [2.05, 4.69) is 13.8 Å². The topological polar surface area (TPSA) is 53.0 Å². The normalized spacial score (nSPS) is 24.6. The number of hydrogen-bond acceptors (Lipinski definition) is 3. The average molecular weight is 236 g/mol. The smallest absolute Gasteiger partial charge is 0.121 e. The minimum atomic E-state index is -0.121. The van der Waals surface area contributed by atoms with Crippen molar-refractivity contribution in [2.75, 3.05) is 0 Å². The van der Waals surface area contributed by atoms with E-state index in [4.69, 9.17) is 9.84 Å². The van der Waals surface area contributed by atoms with E-state index in [1.165, 1.54) is 0 Å². The zero-order chi connectivity index (χ0) is 12.4. The lowest BCUT2D eigenvalue weighted by molar-refractivity contribution is 0.275. The monoisotopic (exact) mass is 236 g/mol. The van der Waals surface area contributed by atoms with E-state index in [-0.39, 0.29) is 12.4 Å². The van der Waals surface area contributed by atoms with Gasteiger partial charge in [-0.3, -0.25) is 0 Å². The maximum atomic E-state index is 9.51. The molecule has 0 radical (unpaired) electrons. The van der Waals surface area contributed by atoms with Crippen molar-refractivity contribution in [3.05, 3.63) is 29.3 Å². The highest BCUT2D eigenvalue weighted by Crippen LogP contribution is 2.35. The maximum Gasteiger partial charge on any atom is 0.121 e. The largest absolute Gasteiger partial charge is 0.508 e. The third-order valence-electron chi connectivity index (χ3n) is 3.52. The Morgan fingerprint density at radius 2 is 2.12 bits per heavy atom. The quantitative estimate of drug-likeness (QED) is 0.772. The predicted molar refractivity (Wildman–Crippen MR) is 66.0 cm³/mol. The Morgan fingerprint density at radius 1 is 1.35 bits per heavy atom. The molecule has 1 aromatic rings. The summed E-state index contributed by atoms with van der Waals surface area (Å²) in [5.74, 6) is 0.556. The summed E-state index contributed by atoms with van der Waals surface area (Å²) >= 11 is 0. The summed E-state index contributed by atoms with van der Waals surface area (Å²) in [4.78, 5) is 0. The minimum absolute atomic E-state index is 0.121. The molecule has 1 aliphatic heterocycles. The first kappa shape index (κ1) is 12.4. The highest BCUT2D eigenvalue weighted by molar-refractivity contribution is 5.37. The molecule has 1 heterocycles. The van der Waals surface area contributed by atoms with Crippen LogP contribution in [0.3, 0.4) is 0 Å². The SMILES string of the molecule is CCC1OC1CC(C)c1ccc(O)c(CO)c1. The summed E-state index contributed by atoms with van der Waals surface area (Å²) in [6.45, 7) is 4.17. The van der Waals surface area contributed by atoms with E-state index >= 15 is 0 Å². The standard InChI is InChI=1S/C14H20O3/c1-3-13-14(17-13)6-9(2)10-4-5-12(16)11(7-10)8-15/h4-5,7,9,13-16H,3,6,8H2,1-2H3. The van der Waals surface area contributed by atoms with E-state index < -0.39 is 0 Å². The zero-order valence-corrected chi connectivity index (χ0v) is 10.4. The Labute approximate surface area is 102 Å². The van der Waals surface area contributed by atoms with Crippen molar-refractivity contribution < 1.29 is 14.9 Å². The van der Waals surface area contributed by atoms with E-state index in [1.54, 1.807) is 6.07 Å². The molecular formula is C14H20O3. The summed E-state index contributed by atoms with van der Waals surface area (Å²) in [6.07, 6.45) is 2.91. The number of ether oxygens (including phenoxy) is 1. The van der Waals surface area contributed by atoms with Crippen molar-refractivity contribution in [3.8, 4) is 5.75 Å². The molecule has 0 saturated carbocycles. The van der Waals surface area contributed by atoms with Crippen LogP contribution in [-0.4, -0.2) is 22.4 Å². The summed E-state index contributed by atoms with van der Waals surface area (Å²) in [7, 11) is 0. The third kappa shape index (κ3) is 2.79. The number of phenols is 1. The number of aliphatic hydroxyl groups excluding tert-OH is 1. The molecule has 0 amide bonds. The molecule has 2 rings (SSSR count). The molecule has 2 N–H and O–H groups in total. The van der Waals surface area contributed by atoms with Gasteiger partial charge in [-0.2, -0.15) is 0 Å². The molecule has 3 nitrogen and oxygen atoms in total. The van der Waals surface area contributed by atoms with Gasteiger partial charge in [-0.25, -0.2) is 0 Å². The molecule has 17 heavy (non-hydrogen) atoms. The molecule has 3 heteroatoms. The fourth-order valence-electron chi connectivity index (χ4n) is 2.27. The van der Waals surface area contributed by atoms with Gasteiger partial charge in [0.2, 0.25) is 0 Å². The molecule has 0 aromatic heterocycles. The van der Waals surface area contributed by atoms with Crippen LogP contribution in [0.15, 0.2) is 18.2 Å². The summed E-state index contributed by atoms with van der Waals surface area (Å²) in [5.41, 5.74) is 1.75. The van der Waals surface area contributed by atoms with Crippen molar-refractivity contribution in [1.82, 2.24) is 0 Å². The number of epoxide rings is 1. The molecule has 1 aliphatic rings. The number of aliphatic hydroxyl groups is 1. The van der Waals surface area contributed by atoms with Crippen LogP contribution < -0.4 is 0 Å². The van der Waals surface area contributed by atoms with Crippen LogP contribution in [0.25, 0.3) is 0 Å². The first-order chi connectivity index (χ1) is 8.15. The maximum absolute atomic E-state index is 9.51. The Hall–Kier alpha value is -1.06. The number of benzene rings is 1. The molecule has 0 spiro atoms. The van der Waals surface area contributed by atoms with Crippen molar-refractivity contribution in [1.29, 1.82) is 0 Å². The van der Waals surface area contributed by atoms with Crippen molar-refractivity contribution >= 4 is 0 Å². The molecule has 1 fully saturated rings. The van der Waals surface area contributed by atoms with Crippen LogP contribution in [0.5, 0.6) is 5.75 Å². The summed E-state index contributed by atoms with van der Waals surface area (Å²) in [5, 5.41) is 18.6. The van der Waals surface area contributed by atoms with Gasteiger partial charge in [0.15, 0.2) is 0 Å². The van der Waals surface area contributed by atoms with Crippen molar-refractivity contribution in [2.45, 2.75) is 51.4 Å². The van der Waals surface area contributed by atoms with Gasteiger partial charge in [0.05, 0.1) is 18.8 Å². The van der Waals surface area contributed by atoms with E-state index in [9.17, 15) is 5.11 Å². The fraction of sp³-hybridized carbons (Fsp3) is 0.571. The number of aromatic hydroxyl groups is 1. The molecule has 94 valence electrons. The Balaban J connectivity index is 2.01. The Morgan fingerprint density at radius 3 is 2.71 bits per heavy atom. The zero-order valence-electron chi connectivity index (χ0n) is 10.4. The average Bonchev–Trinajstić information content (AvgIpc) is 3.08. The molecule has 1 aromatic carbocycles. The van der Waals surface area contributed by atoms with Gasteiger partial charge in [0, 0.05) is 5.56 Å². The van der Waals surface area contributed by atoms with Crippen LogP contribution in [-0.2, 0) is 11.3 Å². The van der Waals surface area contributed by atoms with Crippen LogP contribution >= 0.6 is 0 Å². The van der Waals surface area contributed by atoms with Crippen molar-refractivity contribution in [3.63, 3.8) is 0 Å². The van der Waals surface area contributed by atoms with Crippen LogP contribution in [0.4, 0.5) is 0 Å². The second-order valence-electron chi connectivity index (χ2n) is 4.80. The number of rotatable bonds is 5. The van der Waals surface area contributed by atoms with E-state index in [1.807, 2.05) is 12.1 Å². The first-order valence-corrected chi connectivity index (χ1v) is 6.23. The van der Waals surface area contributed by atoms with Gasteiger partial charge in [-0.1, -0.05) is 19.9 Å². The lowest BCUT2D eigenvalue weighted by Gasteiger charge is -2.12. The third-order valence-corrected chi connectivity index (χ3v) is 3.52. The van der Waals surface area contributed by atoms with Crippen LogP contribution in [0.1, 0.15) is 43.7 Å². The molecule has 1 saturated heterocycles. The van der Waals surface area contributed by atoms with E-state index in [0.717, 1.165) is 18.4 Å². The van der Waals surface area contributed by atoms with Gasteiger partial charge in [0.25, 0.3) is 0 Å². The Bertz CT molecular complexity index is 389. The summed E-state index contributed by atoms with van der Waals surface area (Å²) in [6, 6.07) is 5.45. The predicted octanol–water partition coefficient (Wildman–Crippen LogP) is 2.56.